The molecule has 2 aliphatic heterocycles. The predicted octanol–water partition coefficient (Wildman–Crippen LogP) is 6.06. The lowest BCUT2D eigenvalue weighted by atomic mass is 9.93. The number of aromatic nitrogens is 3. The number of carbonyl (C=O) groups is 2. The molecule has 0 saturated carbocycles. The zero-order chi connectivity index (χ0) is 32.4. The molecular weight excluding hydrogens is 631 g/mol. The van der Waals surface area contributed by atoms with E-state index in [1.807, 2.05) is 0 Å². The second-order valence-electron chi connectivity index (χ2n) is 12.0. The number of carbonyl (C=O) groups excluding carboxylic acids is 2. The molecule has 5 heterocycles. The largest absolute Gasteiger partial charge is 0.439 e. The molecule has 9 nitrogen and oxygen atoms in total. The number of aryl methyl sites for hydroxylation is 3. The highest BCUT2D eigenvalue weighted by atomic mass is 32.1. The molecule has 2 aromatic carbocycles. The Bertz CT molecular complexity index is 2140. The van der Waals surface area contributed by atoms with Gasteiger partial charge in [-0.05, 0) is 91.6 Å². The maximum atomic E-state index is 14.0. The normalized spacial score (nSPS) is 18.0. The van der Waals surface area contributed by atoms with E-state index in [1.165, 1.54) is 18.2 Å². The van der Waals surface area contributed by atoms with Crippen molar-refractivity contribution in [1.82, 2.24) is 25.3 Å². The molecule has 0 radical (unpaired) electrons. The van der Waals surface area contributed by atoms with E-state index in [4.69, 9.17) is 9.51 Å². The van der Waals surface area contributed by atoms with E-state index in [1.54, 1.807) is 29.2 Å². The Labute approximate surface area is 269 Å². The van der Waals surface area contributed by atoms with E-state index in [0.717, 1.165) is 35.8 Å². The minimum Gasteiger partial charge on any atom is -0.345 e. The van der Waals surface area contributed by atoms with Crippen LogP contribution >= 0.6 is 11.3 Å². The minimum atomic E-state index is -0.964. The van der Waals surface area contributed by atoms with Crippen LogP contribution in [0.25, 0.3) is 21.8 Å². The number of benzene rings is 2. The van der Waals surface area contributed by atoms with Crippen LogP contribution in [0.15, 0.2) is 57.8 Å². The second kappa shape index (κ2) is 11.3. The molecule has 13 heteroatoms. The monoisotopic (exact) mass is 657 g/mol. The van der Waals surface area contributed by atoms with Crippen molar-refractivity contribution in [2.45, 2.75) is 50.6 Å². The molecule has 8 rings (SSSR count). The summed E-state index contributed by atoms with van der Waals surface area (Å²) in [6, 6.07) is 11.2. The van der Waals surface area contributed by atoms with Crippen molar-refractivity contribution in [2.75, 3.05) is 6.54 Å². The molecule has 1 saturated heterocycles. The number of fused-ring (bicyclic) bond motifs is 4. The number of H-pyrrole nitrogens is 1. The van der Waals surface area contributed by atoms with Gasteiger partial charge in [0.1, 0.15) is 5.82 Å². The van der Waals surface area contributed by atoms with Gasteiger partial charge in [0.05, 0.1) is 39.5 Å². The Morgan fingerprint density at radius 3 is 2.60 bits per heavy atom. The van der Waals surface area contributed by atoms with Gasteiger partial charge in [-0.25, -0.2) is 18.0 Å². The van der Waals surface area contributed by atoms with Crippen molar-refractivity contribution in [3.05, 3.63) is 115 Å². The van der Waals surface area contributed by atoms with Crippen LogP contribution < -0.4 is 11.1 Å². The summed E-state index contributed by atoms with van der Waals surface area (Å²) < 4.78 is 46.3. The number of halogens is 3. The highest BCUT2D eigenvalue weighted by molar-refractivity contribution is 7.17. The highest BCUT2D eigenvalue weighted by Crippen LogP contribution is 2.48. The molecule has 238 valence electrons. The van der Waals surface area contributed by atoms with Gasteiger partial charge in [0.15, 0.2) is 17.5 Å². The van der Waals surface area contributed by atoms with Crippen LogP contribution in [0.3, 0.4) is 0 Å². The second-order valence-corrected chi connectivity index (χ2v) is 13.1. The number of rotatable bonds is 7. The van der Waals surface area contributed by atoms with E-state index in [-0.39, 0.29) is 23.6 Å². The third kappa shape index (κ3) is 5.05. The number of pyridine rings is 1. The highest BCUT2D eigenvalue weighted by Gasteiger charge is 2.44. The third-order valence-electron chi connectivity index (χ3n) is 9.23. The number of amides is 2. The molecule has 0 bridgehead atoms. The minimum absolute atomic E-state index is 0.102. The molecule has 0 spiro atoms. The number of thiophene rings is 1. The number of nitrogens with zero attached hydrogens (tertiary/aromatic N) is 3. The number of aromatic amines is 1. The van der Waals surface area contributed by atoms with E-state index in [0.29, 0.717) is 81.2 Å². The number of hydrogen-bond donors (Lipinski definition) is 2. The van der Waals surface area contributed by atoms with Gasteiger partial charge in [-0.2, -0.15) is 0 Å². The van der Waals surface area contributed by atoms with Crippen LogP contribution in [0.1, 0.15) is 79.5 Å². The predicted molar refractivity (Wildman–Crippen MR) is 165 cm³/mol. The van der Waals surface area contributed by atoms with Crippen LogP contribution in [0, 0.1) is 17.5 Å². The van der Waals surface area contributed by atoms with Gasteiger partial charge < -0.3 is 10.2 Å². The fourth-order valence-electron chi connectivity index (χ4n) is 7.06. The number of hydrogen-bond acceptors (Lipinski definition) is 7. The maximum absolute atomic E-state index is 14.0. The van der Waals surface area contributed by atoms with Gasteiger partial charge in [0.25, 0.3) is 11.8 Å². The van der Waals surface area contributed by atoms with Gasteiger partial charge in [-0.3, -0.25) is 24.1 Å². The summed E-state index contributed by atoms with van der Waals surface area (Å²) in [4.78, 5) is 50.0. The molecule has 5 aromatic rings. The lowest BCUT2D eigenvalue weighted by molar-refractivity contribution is 0.0776. The molecule has 1 fully saturated rings. The van der Waals surface area contributed by atoms with Gasteiger partial charge in [-0.15, -0.1) is 11.3 Å². The van der Waals surface area contributed by atoms with Gasteiger partial charge in [0.2, 0.25) is 0 Å². The summed E-state index contributed by atoms with van der Waals surface area (Å²) in [6.45, 7) is 0.589. The Hall–Kier alpha value is -5.04. The first-order valence-electron chi connectivity index (χ1n) is 15.3. The molecular formula is C34H26F3N5O4S. The molecule has 0 unspecified atom stereocenters. The zero-order valence-corrected chi connectivity index (χ0v) is 25.6. The molecule has 3 aromatic heterocycles. The SMILES string of the molecule is O=C(N[C@@H]1CCc2cc(F)c(F)cc21)c1ccc(-c2c3c(nc(CCc4ccc(F)cc4)c2-c2noc(=O)[nH]2)[C@H]2CCCN2C3=O)s1. The van der Waals surface area contributed by atoms with E-state index in [2.05, 4.69) is 15.5 Å². The van der Waals surface area contributed by atoms with Crippen LogP contribution in [-0.2, 0) is 19.3 Å². The first-order chi connectivity index (χ1) is 22.7. The fraction of sp³-hybridized carbons (Fsp3) is 0.265. The quantitative estimate of drug-likeness (QED) is 0.220. The van der Waals surface area contributed by atoms with E-state index in [9.17, 15) is 27.6 Å². The lowest BCUT2D eigenvalue weighted by Gasteiger charge is -2.16. The summed E-state index contributed by atoms with van der Waals surface area (Å²) in [5.41, 5.74) is 4.62. The average molecular weight is 658 g/mol. The maximum Gasteiger partial charge on any atom is 0.439 e. The van der Waals surface area contributed by atoms with Crippen molar-refractivity contribution in [2.24, 2.45) is 0 Å². The van der Waals surface area contributed by atoms with Crippen molar-refractivity contribution >= 4 is 23.2 Å². The summed E-state index contributed by atoms with van der Waals surface area (Å²) in [6.07, 6.45) is 3.50. The van der Waals surface area contributed by atoms with Crippen LogP contribution in [0.2, 0.25) is 0 Å². The van der Waals surface area contributed by atoms with Gasteiger partial charge in [0, 0.05) is 17.0 Å². The van der Waals surface area contributed by atoms with Gasteiger partial charge >= 0.3 is 5.76 Å². The Kier molecular flexibility index (Phi) is 7.08. The smallest absolute Gasteiger partial charge is 0.345 e. The first kappa shape index (κ1) is 29.4. The molecule has 2 atom stereocenters. The fourth-order valence-corrected chi connectivity index (χ4v) is 8.02. The standard InChI is InChI=1S/C34H26F3N5O4S/c35-18-7-3-16(4-8-18)5-9-23-27(31-40-34(45)46-41-31)28(29-30(38-23)24-2-1-13-42(24)33(29)44)25-11-12-26(47-25)32(43)39-22-10-6-17-14-20(36)21(37)15-19(17)22/h3-4,7-8,11-12,14-15,22,24H,1-2,5-6,9-10,13H2,(H,39,43)(H,40,41,45)/t22-,24-/m1/s1. The van der Waals surface area contributed by atoms with Crippen molar-refractivity contribution in [3.8, 4) is 21.8 Å². The van der Waals surface area contributed by atoms with Crippen LogP contribution in [0.5, 0.6) is 0 Å². The topological polar surface area (TPSA) is 121 Å². The Balaban J connectivity index is 1.21. The van der Waals surface area contributed by atoms with Crippen molar-refractivity contribution in [1.29, 1.82) is 0 Å². The van der Waals surface area contributed by atoms with Gasteiger partial charge in [-0.1, -0.05) is 17.3 Å². The van der Waals surface area contributed by atoms with E-state index < -0.39 is 29.3 Å². The summed E-state index contributed by atoms with van der Waals surface area (Å²) in [7, 11) is 0. The first-order valence-corrected chi connectivity index (χ1v) is 16.1. The summed E-state index contributed by atoms with van der Waals surface area (Å²) >= 11 is 1.16. The zero-order valence-electron chi connectivity index (χ0n) is 24.7. The van der Waals surface area contributed by atoms with Crippen molar-refractivity contribution < 1.29 is 27.3 Å². The van der Waals surface area contributed by atoms with Crippen molar-refractivity contribution in [3.63, 3.8) is 0 Å². The van der Waals surface area contributed by atoms with E-state index >= 15 is 0 Å². The Morgan fingerprint density at radius 1 is 1.00 bits per heavy atom. The van der Waals surface area contributed by atoms with Crippen LogP contribution in [-0.4, -0.2) is 38.4 Å². The molecule has 2 amide bonds. The summed E-state index contributed by atoms with van der Waals surface area (Å²) in [5.74, 6) is -3.47. The third-order valence-corrected chi connectivity index (χ3v) is 10.3. The molecule has 2 N–H and O–H groups in total. The Morgan fingerprint density at radius 2 is 1.81 bits per heavy atom. The lowest BCUT2D eigenvalue weighted by Crippen LogP contribution is -2.26. The molecule has 1 aliphatic carbocycles. The summed E-state index contributed by atoms with van der Waals surface area (Å²) in [5, 5.41) is 6.93. The molecule has 3 aliphatic rings. The average Bonchev–Trinajstić information content (AvgIpc) is 3.89. The molecule has 47 heavy (non-hydrogen) atoms. The van der Waals surface area contributed by atoms with Crippen LogP contribution in [0.4, 0.5) is 13.2 Å². The number of nitrogens with one attached hydrogen (secondary N) is 2.